The van der Waals surface area contributed by atoms with Crippen molar-refractivity contribution in [1.82, 2.24) is 0 Å². The second-order valence-electron chi connectivity index (χ2n) is 7.00. The van der Waals surface area contributed by atoms with Crippen LogP contribution in [0.5, 0.6) is 11.5 Å². The highest BCUT2D eigenvalue weighted by atomic mass is 32.2. The van der Waals surface area contributed by atoms with E-state index >= 15 is 0 Å². The molecule has 0 saturated heterocycles. The number of hydrogen-bond acceptors (Lipinski definition) is 4. The van der Waals surface area contributed by atoms with Crippen LogP contribution in [0.4, 0.5) is 11.4 Å². The van der Waals surface area contributed by atoms with Crippen LogP contribution in [0.15, 0.2) is 36.4 Å². The lowest BCUT2D eigenvalue weighted by Gasteiger charge is -2.33. The molecule has 0 saturated carbocycles. The minimum Gasteiger partial charge on any atom is -0.453 e. The van der Waals surface area contributed by atoms with E-state index in [1.54, 1.807) is 0 Å². The molecule has 0 spiro atoms. The van der Waals surface area contributed by atoms with E-state index in [0.29, 0.717) is 13.0 Å². The van der Waals surface area contributed by atoms with E-state index in [-0.39, 0.29) is 5.75 Å². The van der Waals surface area contributed by atoms with Gasteiger partial charge >= 0.3 is 0 Å². The van der Waals surface area contributed by atoms with Crippen molar-refractivity contribution in [2.75, 3.05) is 17.2 Å². The van der Waals surface area contributed by atoms with Gasteiger partial charge < -0.3 is 9.64 Å². The van der Waals surface area contributed by atoms with Crippen LogP contribution >= 0.6 is 0 Å². The first-order valence-corrected chi connectivity index (χ1v) is 11.2. The Morgan fingerprint density at radius 3 is 2.26 bits per heavy atom. The number of ether oxygens (including phenoxy) is 1. The van der Waals surface area contributed by atoms with Gasteiger partial charge in [-0.2, -0.15) is 8.42 Å². The standard InChI is InChI=1S/C21H27NO4S/c1-3-6-16-9-11-20-19(14-16)22(12-5-13-27(23,24)25)18-10-8-17(7-4-2)15-21(18)26-20/h8-11,14-15H,3-7,12-13H2,1-2H3,(H,23,24,25). The van der Waals surface area contributed by atoms with E-state index in [1.165, 1.54) is 11.1 Å². The van der Waals surface area contributed by atoms with Gasteiger partial charge in [0.25, 0.3) is 10.1 Å². The lowest BCUT2D eigenvalue weighted by molar-refractivity contribution is 0.470. The molecule has 0 radical (unpaired) electrons. The van der Waals surface area contributed by atoms with Gasteiger partial charge in [0.2, 0.25) is 0 Å². The Hall–Kier alpha value is -2.05. The summed E-state index contributed by atoms with van der Waals surface area (Å²) in [6.07, 6.45) is 4.43. The van der Waals surface area contributed by atoms with Gasteiger partial charge in [0.15, 0.2) is 11.5 Å². The maximum absolute atomic E-state index is 11.1. The second kappa shape index (κ2) is 8.31. The van der Waals surface area contributed by atoms with Crippen molar-refractivity contribution in [3.8, 4) is 11.5 Å². The van der Waals surface area contributed by atoms with Crippen molar-refractivity contribution in [2.45, 2.75) is 46.0 Å². The topological polar surface area (TPSA) is 66.8 Å². The molecule has 0 unspecified atom stereocenters. The normalized spacial score (nSPS) is 13.1. The van der Waals surface area contributed by atoms with Gasteiger partial charge in [0, 0.05) is 6.54 Å². The van der Waals surface area contributed by atoms with Gasteiger partial charge in [0.1, 0.15) is 0 Å². The number of fused-ring (bicyclic) bond motifs is 2. The van der Waals surface area contributed by atoms with Gasteiger partial charge in [-0.1, -0.05) is 38.8 Å². The molecule has 6 heteroatoms. The number of rotatable bonds is 8. The van der Waals surface area contributed by atoms with Crippen molar-refractivity contribution in [3.63, 3.8) is 0 Å². The molecule has 2 aromatic carbocycles. The lowest BCUT2D eigenvalue weighted by atomic mass is 10.0. The lowest BCUT2D eigenvalue weighted by Crippen LogP contribution is -2.24. The largest absolute Gasteiger partial charge is 0.453 e. The third-order valence-electron chi connectivity index (χ3n) is 4.71. The molecule has 0 fully saturated rings. The van der Waals surface area contributed by atoms with Crippen LogP contribution in [-0.4, -0.2) is 25.3 Å². The zero-order valence-corrected chi connectivity index (χ0v) is 16.8. The molecule has 2 aromatic rings. The zero-order valence-electron chi connectivity index (χ0n) is 15.9. The number of anilines is 2. The molecule has 5 nitrogen and oxygen atoms in total. The smallest absolute Gasteiger partial charge is 0.264 e. The first-order chi connectivity index (χ1) is 12.9. The molecule has 146 valence electrons. The third kappa shape index (κ3) is 4.82. The average molecular weight is 390 g/mol. The molecule has 3 rings (SSSR count). The van der Waals surface area contributed by atoms with Crippen molar-refractivity contribution in [3.05, 3.63) is 47.5 Å². The molecule has 0 atom stereocenters. The highest BCUT2D eigenvalue weighted by Crippen LogP contribution is 2.47. The molecule has 1 aliphatic rings. The highest BCUT2D eigenvalue weighted by molar-refractivity contribution is 7.85. The summed E-state index contributed by atoms with van der Waals surface area (Å²) in [5.41, 5.74) is 4.34. The van der Waals surface area contributed by atoms with E-state index < -0.39 is 10.1 Å². The first-order valence-electron chi connectivity index (χ1n) is 9.57. The van der Waals surface area contributed by atoms with Crippen LogP contribution in [-0.2, 0) is 23.0 Å². The summed E-state index contributed by atoms with van der Waals surface area (Å²) in [6, 6.07) is 12.4. The predicted molar refractivity (Wildman–Crippen MR) is 109 cm³/mol. The summed E-state index contributed by atoms with van der Waals surface area (Å²) in [5.74, 6) is 1.32. The Labute approximate surface area is 161 Å². The third-order valence-corrected chi connectivity index (χ3v) is 5.52. The molecule has 1 N–H and O–H groups in total. The monoisotopic (exact) mass is 389 g/mol. The zero-order chi connectivity index (χ0) is 19.4. The SMILES string of the molecule is CCCc1ccc2c(c1)Oc1ccc(CCC)cc1N2CCCS(=O)(=O)O. The number of benzene rings is 2. The molecular formula is C21H27NO4S. The van der Waals surface area contributed by atoms with Crippen molar-refractivity contribution in [2.24, 2.45) is 0 Å². The minimum atomic E-state index is -3.97. The number of aryl methyl sites for hydroxylation is 2. The van der Waals surface area contributed by atoms with Crippen molar-refractivity contribution >= 4 is 21.5 Å². The van der Waals surface area contributed by atoms with Gasteiger partial charge in [0.05, 0.1) is 17.1 Å². The number of nitrogens with zero attached hydrogens (tertiary/aromatic N) is 1. The van der Waals surface area contributed by atoms with Crippen LogP contribution in [0.1, 0.15) is 44.2 Å². The molecule has 27 heavy (non-hydrogen) atoms. The van der Waals surface area contributed by atoms with Crippen LogP contribution in [0.2, 0.25) is 0 Å². The molecule has 1 aliphatic heterocycles. The highest BCUT2D eigenvalue weighted by Gasteiger charge is 2.25. The Morgan fingerprint density at radius 1 is 0.926 bits per heavy atom. The van der Waals surface area contributed by atoms with Crippen LogP contribution in [0.25, 0.3) is 0 Å². The Kier molecular flexibility index (Phi) is 6.07. The fourth-order valence-corrected chi connectivity index (χ4v) is 4.00. The van der Waals surface area contributed by atoms with Crippen molar-refractivity contribution < 1.29 is 17.7 Å². The molecular weight excluding hydrogens is 362 g/mol. The van der Waals surface area contributed by atoms with Gasteiger partial charge in [-0.25, -0.2) is 0 Å². The summed E-state index contributed by atoms with van der Waals surface area (Å²) in [6.45, 7) is 4.78. The first kappa shape index (κ1) is 19.7. The van der Waals surface area contributed by atoms with Crippen LogP contribution in [0, 0.1) is 0 Å². The van der Waals surface area contributed by atoms with E-state index in [2.05, 4.69) is 43.0 Å². The van der Waals surface area contributed by atoms with Crippen LogP contribution in [0.3, 0.4) is 0 Å². The average Bonchev–Trinajstić information content (AvgIpc) is 2.61. The van der Waals surface area contributed by atoms with Gasteiger partial charge in [-0.05, 0) is 54.7 Å². The van der Waals surface area contributed by atoms with E-state index in [9.17, 15) is 8.42 Å². The fraction of sp³-hybridized carbons (Fsp3) is 0.429. The van der Waals surface area contributed by atoms with Crippen LogP contribution < -0.4 is 9.64 Å². The quantitative estimate of drug-likeness (QED) is 0.635. The van der Waals surface area contributed by atoms with Gasteiger partial charge in [-0.15, -0.1) is 0 Å². The fourth-order valence-electron chi connectivity index (χ4n) is 3.51. The summed E-state index contributed by atoms with van der Waals surface area (Å²) >= 11 is 0. The maximum Gasteiger partial charge on any atom is 0.264 e. The van der Waals surface area contributed by atoms with Gasteiger partial charge in [-0.3, -0.25) is 4.55 Å². The summed E-state index contributed by atoms with van der Waals surface area (Å²) in [7, 11) is -3.97. The van der Waals surface area contributed by atoms with E-state index in [4.69, 9.17) is 9.29 Å². The van der Waals surface area contributed by atoms with E-state index in [0.717, 1.165) is 48.6 Å². The minimum absolute atomic E-state index is 0.252. The molecule has 0 aliphatic carbocycles. The summed E-state index contributed by atoms with van der Waals surface area (Å²) in [5, 5.41) is 0. The second-order valence-corrected chi connectivity index (χ2v) is 8.57. The maximum atomic E-state index is 11.1. The predicted octanol–water partition coefficient (Wildman–Crippen LogP) is 5.11. The molecule has 1 heterocycles. The summed E-state index contributed by atoms with van der Waals surface area (Å²) < 4.78 is 37.5. The Bertz CT molecular complexity index is 908. The summed E-state index contributed by atoms with van der Waals surface area (Å²) in [4.78, 5) is 2.11. The molecule has 0 bridgehead atoms. The molecule has 0 aromatic heterocycles. The number of hydrogen-bond donors (Lipinski definition) is 1. The molecule has 0 amide bonds. The Balaban J connectivity index is 1.96. The Morgan fingerprint density at radius 2 is 1.59 bits per heavy atom. The van der Waals surface area contributed by atoms with Crippen molar-refractivity contribution in [1.29, 1.82) is 0 Å². The van der Waals surface area contributed by atoms with E-state index in [1.807, 2.05) is 12.1 Å².